The maximum Gasteiger partial charge on any atom is 0.270 e. The lowest BCUT2D eigenvalue weighted by molar-refractivity contribution is -0.384. The molecule has 152 valence electrons. The molecule has 1 aliphatic heterocycles. The SMILES string of the molecule is CC(C)N1CCc2c(sc(NC(=O)C=Cc3cccc([N+](=O)[O-])c3)c2C(N)=O)C1. The summed E-state index contributed by atoms with van der Waals surface area (Å²) in [4.78, 5) is 38.1. The van der Waals surface area contributed by atoms with Gasteiger partial charge in [0.25, 0.3) is 11.6 Å². The number of nitro groups is 1. The molecule has 0 aliphatic carbocycles. The minimum absolute atomic E-state index is 0.0517. The molecule has 0 atom stereocenters. The second kappa shape index (κ2) is 8.54. The summed E-state index contributed by atoms with van der Waals surface area (Å²) in [6.45, 7) is 5.79. The van der Waals surface area contributed by atoms with Crippen LogP contribution in [-0.2, 0) is 17.8 Å². The summed E-state index contributed by atoms with van der Waals surface area (Å²) in [5, 5.41) is 14.0. The van der Waals surface area contributed by atoms with Crippen LogP contribution in [0.5, 0.6) is 0 Å². The Hall–Kier alpha value is -3.04. The Bertz CT molecular complexity index is 996. The number of fused-ring (bicyclic) bond motifs is 1. The first-order valence-corrected chi connectivity index (χ1v) is 9.99. The molecule has 9 heteroatoms. The van der Waals surface area contributed by atoms with E-state index in [2.05, 4.69) is 24.1 Å². The number of amides is 2. The molecule has 3 rings (SSSR count). The summed E-state index contributed by atoms with van der Waals surface area (Å²) in [7, 11) is 0. The highest BCUT2D eigenvalue weighted by Crippen LogP contribution is 2.37. The van der Waals surface area contributed by atoms with Gasteiger partial charge in [-0.05, 0) is 37.5 Å². The molecule has 0 radical (unpaired) electrons. The first-order chi connectivity index (χ1) is 13.8. The van der Waals surface area contributed by atoms with Gasteiger partial charge in [0.2, 0.25) is 5.91 Å². The highest BCUT2D eigenvalue weighted by Gasteiger charge is 2.28. The Morgan fingerprint density at radius 1 is 1.38 bits per heavy atom. The van der Waals surface area contributed by atoms with Gasteiger partial charge < -0.3 is 11.1 Å². The molecule has 2 heterocycles. The second-order valence-corrected chi connectivity index (χ2v) is 8.17. The Balaban J connectivity index is 1.79. The fourth-order valence-electron chi connectivity index (χ4n) is 3.28. The monoisotopic (exact) mass is 414 g/mol. The van der Waals surface area contributed by atoms with Crippen LogP contribution in [0.15, 0.2) is 30.3 Å². The topological polar surface area (TPSA) is 119 Å². The Labute approximate surface area is 172 Å². The standard InChI is InChI=1S/C20H22N4O4S/c1-12(2)23-9-8-15-16(11-23)29-20(18(15)19(21)26)22-17(25)7-6-13-4-3-5-14(10-13)24(27)28/h3-7,10,12H,8-9,11H2,1-2H3,(H2,21,26)(H,22,25). The summed E-state index contributed by atoms with van der Waals surface area (Å²) in [5.41, 5.74) is 7.36. The van der Waals surface area contributed by atoms with E-state index in [-0.39, 0.29) is 5.69 Å². The number of benzene rings is 1. The summed E-state index contributed by atoms with van der Waals surface area (Å²) < 4.78 is 0. The van der Waals surface area contributed by atoms with Gasteiger partial charge in [-0.15, -0.1) is 11.3 Å². The summed E-state index contributed by atoms with van der Waals surface area (Å²) in [6.07, 6.45) is 3.48. The van der Waals surface area contributed by atoms with Gasteiger partial charge >= 0.3 is 0 Å². The molecule has 1 aromatic carbocycles. The van der Waals surface area contributed by atoms with Crippen molar-refractivity contribution < 1.29 is 14.5 Å². The number of carbonyl (C=O) groups excluding carboxylic acids is 2. The number of carbonyl (C=O) groups is 2. The van der Waals surface area contributed by atoms with Crippen LogP contribution in [0.4, 0.5) is 10.7 Å². The van der Waals surface area contributed by atoms with Crippen molar-refractivity contribution in [2.24, 2.45) is 5.73 Å². The zero-order chi connectivity index (χ0) is 21.1. The number of nitro benzene ring substituents is 1. The van der Waals surface area contributed by atoms with Gasteiger partial charge in [-0.2, -0.15) is 0 Å². The maximum absolute atomic E-state index is 12.4. The third-order valence-corrected chi connectivity index (χ3v) is 5.94. The average Bonchev–Trinajstić information content (AvgIpc) is 3.03. The third kappa shape index (κ3) is 4.69. The number of nitrogens with two attached hydrogens (primary N) is 1. The highest BCUT2D eigenvalue weighted by molar-refractivity contribution is 7.17. The molecule has 0 fully saturated rings. The number of non-ortho nitro benzene ring substituents is 1. The van der Waals surface area contributed by atoms with Gasteiger partial charge in [0.1, 0.15) is 5.00 Å². The van der Waals surface area contributed by atoms with Crippen LogP contribution in [0, 0.1) is 10.1 Å². The van der Waals surface area contributed by atoms with Crippen LogP contribution in [0.2, 0.25) is 0 Å². The number of thiophene rings is 1. The molecular formula is C20H22N4O4S. The fraction of sp³-hybridized carbons (Fsp3) is 0.300. The summed E-state index contributed by atoms with van der Waals surface area (Å²) >= 11 is 1.37. The molecule has 0 bridgehead atoms. The largest absolute Gasteiger partial charge is 0.365 e. The zero-order valence-corrected chi connectivity index (χ0v) is 17.0. The minimum Gasteiger partial charge on any atom is -0.365 e. The molecule has 2 amide bonds. The normalized spacial score (nSPS) is 14.2. The van der Waals surface area contributed by atoms with Crippen LogP contribution >= 0.6 is 11.3 Å². The minimum atomic E-state index is -0.557. The van der Waals surface area contributed by atoms with E-state index in [1.165, 1.54) is 35.6 Å². The lowest BCUT2D eigenvalue weighted by Gasteiger charge is -2.30. The fourth-order valence-corrected chi connectivity index (χ4v) is 4.56. The van der Waals surface area contributed by atoms with Gasteiger partial charge in [0.15, 0.2) is 0 Å². The van der Waals surface area contributed by atoms with Gasteiger partial charge in [0.05, 0.1) is 10.5 Å². The van der Waals surface area contributed by atoms with Crippen LogP contribution in [-0.4, -0.2) is 34.2 Å². The quantitative estimate of drug-likeness (QED) is 0.427. The lowest BCUT2D eigenvalue weighted by Crippen LogP contribution is -2.35. The van der Waals surface area contributed by atoms with Crippen molar-refractivity contribution in [3.63, 3.8) is 0 Å². The molecule has 2 aromatic rings. The van der Waals surface area contributed by atoms with Crippen molar-refractivity contribution in [3.8, 4) is 0 Å². The smallest absolute Gasteiger partial charge is 0.270 e. The number of hydrogen-bond donors (Lipinski definition) is 2. The molecule has 0 spiro atoms. The van der Waals surface area contributed by atoms with E-state index >= 15 is 0 Å². The van der Waals surface area contributed by atoms with Gasteiger partial charge in [-0.25, -0.2) is 0 Å². The number of primary amides is 1. The summed E-state index contributed by atoms with van der Waals surface area (Å²) in [5.74, 6) is -0.989. The second-order valence-electron chi connectivity index (χ2n) is 7.06. The molecule has 3 N–H and O–H groups in total. The molecule has 0 saturated carbocycles. The van der Waals surface area contributed by atoms with E-state index in [9.17, 15) is 19.7 Å². The Kier molecular flexibility index (Phi) is 6.09. The van der Waals surface area contributed by atoms with E-state index in [4.69, 9.17) is 5.73 Å². The first kappa shape index (κ1) is 20.7. The predicted octanol–water partition coefficient (Wildman–Crippen LogP) is 3.17. The van der Waals surface area contributed by atoms with Gasteiger partial charge in [-0.1, -0.05) is 12.1 Å². The molecule has 1 aromatic heterocycles. The number of nitrogens with zero attached hydrogens (tertiary/aromatic N) is 2. The average molecular weight is 414 g/mol. The molecule has 29 heavy (non-hydrogen) atoms. The van der Waals surface area contributed by atoms with Crippen LogP contribution < -0.4 is 11.1 Å². The lowest BCUT2D eigenvalue weighted by atomic mass is 10.0. The van der Waals surface area contributed by atoms with E-state index in [0.717, 1.165) is 23.5 Å². The van der Waals surface area contributed by atoms with E-state index in [1.807, 2.05) is 0 Å². The number of anilines is 1. The molecule has 0 unspecified atom stereocenters. The third-order valence-electron chi connectivity index (χ3n) is 4.81. The van der Waals surface area contributed by atoms with Gasteiger partial charge in [0, 0.05) is 42.2 Å². The van der Waals surface area contributed by atoms with Crippen molar-refractivity contribution in [1.29, 1.82) is 0 Å². The highest BCUT2D eigenvalue weighted by atomic mass is 32.1. The van der Waals surface area contributed by atoms with Crippen LogP contribution in [0.25, 0.3) is 6.08 Å². The summed E-state index contributed by atoms with van der Waals surface area (Å²) in [6, 6.07) is 6.36. The van der Waals surface area contributed by atoms with E-state index in [1.54, 1.807) is 12.1 Å². The van der Waals surface area contributed by atoms with Crippen molar-refractivity contribution in [3.05, 3.63) is 62.0 Å². The molecule has 8 nitrogen and oxygen atoms in total. The zero-order valence-electron chi connectivity index (χ0n) is 16.2. The van der Waals surface area contributed by atoms with Crippen LogP contribution in [0.1, 0.15) is 40.2 Å². The Morgan fingerprint density at radius 2 is 2.14 bits per heavy atom. The van der Waals surface area contributed by atoms with Crippen molar-refractivity contribution in [2.45, 2.75) is 32.9 Å². The maximum atomic E-state index is 12.4. The van der Waals surface area contributed by atoms with Gasteiger partial charge in [-0.3, -0.25) is 24.6 Å². The number of rotatable bonds is 6. The van der Waals surface area contributed by atoms with Crippen molar-refractivity contribution in [2.75, 3.05) is 11.9 Å². The number of hydrogen-bond acceptors (Lipinski definition) is 6. The van der Waals surface area contributed by atoms with E-state index in [0.29, 0.717) is 28.6 Å². The molecule has 1 aliphatic rings. The number of nitrogens with one attached hydrogen (secondary N) is 1. The predicted molar refractivity (Wildman–Crippen MR) is 113 cm³/mol. The first-order valence-electron chi connectivity index (χ1n) is 9.18. The molecular weight excluding hydrogens is 392 g/mol. The Morgan fingerprint density at radius 3 is 2.79 bits per heavy atom. The van der Waals surface area contributed by atoms with E-state index < -0.39 is 16.7 Å². The molecule has 0 saturated heterocycles. The van der Waals surface area contributed by atoms with Crippen molar-refractivity contribution >= 4 is 39.9 Å². The van der Waals surface area contributed by atoms with Crippen molar-refractivity contribution in [1.82, 2.24) is 4.90 Å². The van der Waals surface area contributed by atoms with Crippen LogP contribution in [0.3, 0.4) is 0 Å².